The summed E-state index contributed by atoms with van der Waals surface area (Å²) in [6, 6.07) is 6.33. The van der Waals surface area contributed by atoms with Gasteiger partial charge in [0, 0.05) is 19.0 Å². The van der Waals surface area contributed by atoms with Gasteiger partial charge in [-0.25, -0.2) is 4.98 Å². The summed E-state index contributed by atoms with van der Waals surface area (Å²) in [5, 5.41) is 0. The number of nitrogens with one attached hydrogen (secondary N) is 1. The smallest absolute Gasteiger partial charge is 0.225 e. The van der Waals surface area contributed by atoms with Crippen LogP contribution in [0.2, 0.25) is 0 Å². The van der Waals surface area contributed by atoms with E-state index >= 15 is 0 Å². The van der Waals surface area contributed by atoms with Gasteiger partial charge in [0.2, 0.25) is 5.91 Å². The second-order valence-corrected chi connectivity index (χ2v) is 8.94. The Balaban J connectivity index is 1.32. The molecule has 1 aromatic heterocycles. The first-order valence-corrected chi connectivity index (χ1v) is 10.4. The minimum atomic E-state index is 0.206. The molecule has 2 aromatic rings. The summed E-state index contributed by atoms with van der Waals surface area (Å²) in [6.07, 6.45) is 3.19. The standard InChI is InChI=1S/C22H32N4O/c1-15-4-5-19-20(11-15)24-21(23-19)14-25-8-6-18(7-9-25)22(27)26-12-16(2)10-17(3)13-26/h4-5,11,16-18H,6-10,12-14H2,1-3H3,(H,23,24). The highest BCUT2D eigenvalue weighted by Gasteiger charge is 2.32. The topological polar surface area (TPSA) is 52.2 Å². The fourth-order valence-corrected chi connectivity index (χ4v) is 4.90. The van der Waals surface area contributed by atoms with Crippen molar-refractivity contribution in [2.24, 2.45) is 17.8 Å². The SMILES string of the molecule is Cc1ccc2nc(CN3CCC(C(=O)N4CC(C)CC(C)C4)CC3)[nH]c2c1. The molecule has 27 heavy (non-hydrogen) atoms. The monoisotopic (exact) mass is 368 g/mol. The van der Waals surface area contributed by atoms with Crippen LogP contribution in [0.25, 0.3) is 11.0 Å². The number of aryl methyl sites for hydroxylation is 1. The number of aromatic nitrogens is 2. The van der Waals surface area contributed by atoms with E-state index in [4.69, 9.17) is 4.98 Å². The van der Waals surface area contributed by atoms with Crippen LogP contribution in [0.3, 0.4) is 0 Å². The number of benzene rings is 1. The molecule has 0 spiro atoms. The Morgan fingerprint density at radius 3 is 2.59 bits per heavy atom. The lowest BCUT2D eigenvalue weighted by atomic mass is 9.89. The number of hydrogen-bond acceptors (Lipinski definition) is 3. The summed E-state index contributed by atoms with van der Waals surface area (Å²) in [7, 11) is 0. The number of amides is 1. The number of aromatic amines is 1. The molecule has 2 unspecified atom stereocenters. The maximum absolute atomic E-state index is 12.9. The number of hydrogen-bond donors (Lipinski definition) is 1. The summed E-state index contributed by atoms with van der Waals surface area (Å²) < 4.78 is 0. The lowest BCUT2D eigenvalue weighted by molar-refractivity contribution is -0.139. The summed E-state index contributed by atoms with van der Waals surface area (Å²) >= 11 is 0. The highest BCUT2D eigenvalue weighted by molar-refractivity contribution is 5.79. The Labute approximate surface area is 162 Å². The lowest BCUT2D eigenvalue weighted by Gasteiger charge is -2.39. The van der Waals surface area contributed by atoms with Crippen molar-refractivity contribution in [1.29, 1.82) is 0 Å². The average molecular weight is 369 g/mol. The Morgan fingerprint density at radius 1 is 1.19 bits per heavy atom. The number of carbonyl (C=O) groups is 1. The number of carbonyl (C=O) groups excluding carboxylic acids is 1. The van der Waals surface area contributed by atoms with E-state index in [-0.39, 0.29) is 5.92 Å². The molecule has 146 valence electrons. The molecule has 0 bridgehead atoms. The first kappa shape index (κ1) is 18.5. The number of piperidine rings is 2. The van der Waals surface area contributed by atoms with Crippen LogP contribution in [0.5, 0.6) is 0 Å². The van der Waals surface area contributed by atoms with Gasteiger partial charge in [0.05, 0.1) is 17.6 Å². The largest absolute Gasteiger partial charge is 0.342 e. The average Bonchev–Trinajstić information content (AvgIpc) is 3.02. The van der Waals surface area contributed by atoms with Gasteiger partial charge in [-0.2, -0.15) is 0 Å². The number of H-pyrrole nitrogens is 1. The van der Waals surface area contributed by atoms with E-state index in [1.807, 2.05) is 0 Å². The molecule has 2 aliphatic heterocycles. The Hall–Kier alpha value is -1.88. The van der Waals surface area contributed by atoms with Crippen LogP contribution in [-0.2, 0) is 11.3 Å². The minimum Gasteiger partial charge on any atom is -0.342 e. The van der Waals surface area contributed by atoms with Crippen molar-refractivity contribution in [2.75, 3.05) is 26.2 Å². The van der Waals surface area contributed by atoms with Gasteiger partial charge in [0.1, 0.15) is 5.82 Å². The third-order valence-corrected chi connectivity index (χ3v) is 6.18. The normalized spacial score (nSPS) is 25.2. The molecule has 4 rings (SSSR count). The maximum atomic E-state index is 12.9. The zero-order valence-electron chi connectivity index (χ0n) is 16.9. The van der Waals surface area contributed by atoms with Crippen LogP contribution in [0.15, 0.2) is 18.2 Å². The fourth-order valence-electron chi connectivity index (χ4n) is 4.90. The van der Waals surface area contributed by atoms with Gasteiger partial charge < -0.3 is 9.88 Å². The van der Waals surface area contributed by atoms with Gasteiger partial charge in [-0.1, -0.05) is 19.9 Å². The molecule has 1 N–H and O–H groups in total. The first-order chi connectivity index (χ1) is 13.0. The molecule has 5 nitrogen and oxygen atoms in total. The Morgan fingerprint density at radius 2 is 1.89 bits per heavy atom. The van der Waals surface area contributed by atoms with Crippen LogP contribution in [0, 0.1) is 24.7 Å². The van der Waals surface area contributed by atoms with E-state index in [9.17, 15) is 4.79 Å². The van der Waals surface area contributed by atoms with Gasteiger partial charge in [-0.15, -0.1) is 0 Å². The third kappa shape index (κ3) is 4.18. The van der Waals surface area contributed by atoms with E-state index < -0.39 is 0 Å². The molecule has 2 aliphatic rings. The van der Waals surface area contributed by atoms with Crippen molar-refractivity contribution in [1.82, 2.24) is 19.8 Å². The maximum Gasteiger partial charge on any atom is 0.225 e. The molecular weight excluding hydrogens is 336 g/mol. The number of fused-ring (bicyclic) bond motifs is 1. The highest BCUT2D eigenvalue weighted by Crippen LogP contribution is 2.26. The third-order valence-electron chi connectivity index (χ3n) is 6.18. The summed E-state index contributed by atoms with van der Waals surface area (Å²) in [5.74, 6) is 2.90. The van der Waals surface area contributed by atoms with Gasteiger partial charge in [0.25, 0.3) is 0 Å². The molecule has 3 heterocycles. The van der Waals surface area contributed by atoms with Crippen LogP contribution in [-0.4, -0.2) is 51.9 Å². The quantitative estimate of drug-likeness (QED) is 0.901. The van der Waals surface area contributed by atoms with Crippen molar-refractivity contribution in [3.8, 4) is 0 Å². The predicted molar refractivity (Wildman–Crippen MR) is 108 cm³/mol. The summed E-state index contributed by atoms with van der Waals surface area (Å²) in [5.41, 5.74) is 3.40. The minimum absolute atomic E-state index is 0.206. The fraction of sp³-hybridized carbons (Fsp3) is 0.636. The van der Waals surface area contributed by atoms with Gasteiger partial charge in [-0.3, -0.25) is 9.69 Å². The molecule has 0 aliphatic carbocycles. The lowest BCUT2D eigenvalue weighted by Crippen LogP contribution is -2.47. The van der Waals surface area contributed by atoms with E-state index in [1.165, 1.54) is 12.0 Å². The van der Waals surface area contributed by atoms with Crippen molar-refractivity contribution < 1.29 is 4.79 Å². The number of nitrogens with zero attached hydrogens (tertiary/aromatic N) is 3. The van der Waals surface area contributed by atoms with E-state index in [0.29, 0.717) is 17.7 Å². The summed E-state index contributed by atoms with van der Waals surface area (Å²) in [4.78, 5) is 25.7. The molecule has 2 fully saturated rings. The molecule has 1 amide bonds. The van der Waals surface area contributed by atoms with E-state index in [2.05, 4.69) is 53.8 Å². The number of rotatable bonds is 3. The summed E-state index contributed by atoms with van der Waals surface area (Å²) in [6.45, 7) is 11.3. The number of likely N-dealkylation sites (tertiary alicyclic amines) is 2. The number of imidazole rings is 1. The first-order valence-electron chi connectivity index (χ1n) is 10.4. The van der Waals surface area contributed by atoms with Gasteiger partial charge in [-0.05, 0) is 68.8 Å². The second-order valence-electron chi connectivity index (χ2n) is 8.94. The zero-order valence-corrected chi connectivity index (χ0v) is 16.9. The van der Waals surface area contributed by atoms with E-state index in [1.54, 1.807) is 0 Å². The highest BCUT2D eigenvalue weighted by atomic mass is 16.2. The molecule has 0 saturated carbocycles. The Bertz CT molecular complexity index is 796. The van der Waals surface area contributed by atoms with Gasteiger partial charge >= 0.3 is 0 Å². The van der Waals surface area contributed by atoms with Gasteiger partial charge in [0.15, 0.2) is 0 Å². The zero-order chi connectivity index (χ0) is 19.0. The second kappa shape index (κ2) is 7.63. The van der Waals surface area contributed by atoms with E-state index in [0.717, 1.165) is 62.4 Å². The van der Waals surface area contributed by atoms with Crippen LogP contribution < -0.4 is 0 Å². The molecular formula is C22H32N4O. The van der Waals surface area contributed by atoms with Crippen LogP contribution in [0.4, 0.5) is 0 Å². The van der Waals surface area contributed by atoms with Crippen LogP contribution in [0.1, 0.15) is 44.5 Å². The van der Waals surface area contributed by atoms with Crippen molar-refractivity contribution >= 4 is 16.9 Å². The molecule has 0 radical (unpaired) electrons. The molecule has 2 saturated heterocycles. The van der Waals surface area contributed by atoms with Crippen molar-refractivity contribution in [3.05, 3.63) is 29.6 Å². The molecule has 5 heteroatoms. The van der Waals surface area contributed by atoms with Crippen molar-refractivity contribution in [3.63, 3.8) is 0 Å². The Kier molecular flexibility index (Phi) is 5.22. The van der Waals surface area contributed by atoms with Crippen molar-refractivity contribution in [2.45, 2.75) is 46.6 Å². The van der Waals surface area contributed by atoms with Crippen LogP contribution >= 0.6 is 0 Å². The predicted octanol–water partition coefficient (Wildman–Crippen LogP) is 3.59. The molecule has 1 aromatic carbocycles. The molecule has 2 atom stereocenters.